The second-order valence-electron chi connectivity index (χ2n) is 7.48. The van der Waals surface area contributed by atoms with Crippen LogP contribution in [0.3, 0.4) is 0 Å². The van der Waals surface area contributed by atoms with Crippen LogP contribution in [-0.4, -0.2) is 65.7 Å². The highest BCUT2D eigenvalue weighted by molar-refractivity contribution is 7.15. The van der Waals surface area contributed by atoms with Crippen molar-refractivity contribution >= 4 is 28.3 Å². The van der Waals surface area contributed by atoms with E-state index < -0.39 is 0 Å². The van der Waals surface area contributed by atoms with Crippen LogP contribution >= 0.6 is 11.3 Å². The van der Waals surface area contributed by atoms with E-state index in [0.29, 0.717) is 55.1 Å². The van der Waals surface area contributed by atoms with Crippen LogP contribution < -0.4 is 15.8 Å². The largest absolute Gasteiger partial charge is 0.378 e. The number of aromatic nitrogens is 3. The number of rotatable bonds is 5. The van der Waals surface area contributed by atoms with Gasteiger partial charge in [-0.2, -0.15) is 0 Å². The lowest BCUT2D eigenvalue weighted by atomic mass is 10.1. The van der Waals surface area contributed by atoms with E-state index in [1.54, 1.807) is 0 Å². The molecule has 0 radical (unpaired) electrons. The number of carbonyl (C=O) groups excluding carboxylic acids is 1. The van der Waals surface area contributed by atoms with E-state index in [9.17, 15) is 9.59 Å². The molecule has 2 aliphatic heterocycles. The van der Waals surface area contributed by atoms with Crippen molar-refractivity contribution in [3.63, 3.8) is 0 Å². The topological polar surface area (TPSA) is 103 Å². The average Bonchev–Trinajstić information content (AvgIpc) is 3.09. The fourth-order valence-electron chi connectivity index (χ4n) is 3.61. The van der Waals surface area contributed by atoms with Gasteiger partial charge in [0, 0.05) is 55.2 Å². The van der Waals surface area contributed by atoms with Crippen molar-refractivity contribution in [1.82, 2.24) is 19.9 Å². The first-order valence-electron chi connectivity index (χ1n) is 9.89. The first kappa shape index (κ1) is 20.0. The minimum Gasteiger partial charge on any atom is -0.378 e. The predicted octanol–water partition coefficient (Wildman–Crippen LogP) is 0.931. The number of anilines is 2. The maximum Gasteiger partial charge on any atom is 0.255 e. The SMILES string of the molecule is Cc1nc(N2CCOCC2)[nH]c(=O)c1CCC(=O)Nc1nc2c(s1)CN(C)CC2. The summed E-state index contributed by atoms with van der Waals surface area (Å²) >= 11 is 1.53. The van der Waals surface area contributed by atoms with Crippen LogP contribution in [0.2, 0.25) is 0 Å². The van der Waals surface area contributed by atoms with E-state index in [2.05, 4.69) is 32.2 Å². The fraction of sp³-hybridized carbons (Fsp3) is 0.579. The van der Waals surface area contributed by atoms with E-state index in [4.69, 9.17) is 4.74 Å². The molecule has 0 unspecified atom stereocenters. The van der Waals surface area contributed by atoms with Crippen molar-refractivity contribution in [2.24, 2.45) is 0 Å². The Morgan fingerprint density at radius 1 is 1.28 bits per heavy atom. The van der Waals surface area contributed by atoms with Crippen LogP contribution in [0.15, 0.2) is 4.79 Å². The number of aryl methyl sites for hydroxylation is 1. The van der Waals surface area contributed by atoms with Crippen molar-refractivity contribution in [1.29, 1.82) is 0 Å². The number of morpholine rings is 1. The van der Waals surface area contributed by atoms with Gasteiger partial charge in [0.25, 0.3) is 5.56 Å². The van der Waals surface area contributed by atoms with Crippen LogP contribution in [0.5, 0.6) is 0 Å². The highest BCUT2D eigenvalue weighted by Gasteiger charge is 2.20. The molecule has 1 saturated heterocycles. The Hall–Kier alpha value is -2.30. The zero-order valence-corrected chi connectivity index (χ0v) is 17.6. The third kappa shape index (κ3) is 4.65. The standard InChI is InChI=1S/C19H26N6O3S/c1-12-13(17(27)23-18(20-12)25-7-9-28-10-8-25)3-4-16(26)22-19-21-14-5-6-24(2)11-15(14)29-19/h3-11H2,1-2H3,(H,20,23,27)(H,21,22,26). The number of ether oxygens (including phenoxy) is 1. The fourth-order valence-corrected chi connectivity index (χ4v) is 4.72. The molecule has 0 saturated carbocycles. The van der Waals surface area contributed by atoms with E-state index in [1.165, 1.54) is 16.2 Å². The number of hydrogen-bond donors (Lipinski definition) is 2. The minimum atomic E-state index is -0.181. The van der Waals surface area contributed by atoms with Gasteiger partial charge < -0.3 is 19.9 Å². The summed E-state index contributed by atoms with van der Waals surface area (Å²) in [5.41, 5.74) is 2.12. The van der Waals surface area contributed by atoms with Crippen LogP contribution in [0.25, 0.3) is 0 Å². The number of fused-ring (bicyclic) bond motifs is 1. The molecule has 4 rings (SSSR count). The first-order valence-corrected chi connectivity index (χ1v) is 10.7. The molecule has 1 fully saturated rings. The van der Waals surface area contributed by atoms with Gasteiger partial charge in [0.2, 0.25) is 11.9 Å². The molecule has 9 nitrogen and oxygen atoms in total. The Bertz CT molecular complexity index is 950. The number of aromatic amines is 1. The van der Waals surface area contributed by atoms with Gasteiger partial charge in [-0.25, -0.2) is 9.97 Å². The molecule has 2 aromatic rings. The molecule has 0 aromatic carbocycles. The molecule has 0 atom stereocenters. The minimum absolute atomic E-state index is 0.138. The molecular formula is C19H26N6O3S. The van der Waals surface area contributed by atoms with Crippen molar-refractivity contribution in [3.8, 4) is 0 Å². The summed E-state index contributed by atoms with van der Waals surface area (Å²) < 4.78 is 5.34. The van der Waals surface area contributed by atoms with Gasteiger partial charge in [-0.05, 0) is 20.4 Å². The molecule has 2 aromatic heterocycles. The number of likely N-dealkylation sites (N-methyl/N-ethyl adjacent to an activating group) is 1. The Morgan fingerprint density at radius 3 is 2.83 bits per heavy atom. The smallest absolute Gasteiger partial charge is 0.255 e. The maximum absolute atomic E-state index is 12.5. The van der Waals surface area contributed by atoms with E-state index in [1.807, 2.05) is 11.8 Å². The summed E-state index contributed by atoms with van der Waals surface area (Å²) in [6.45, 7) is 6.34. The molecule has 10 heteroatoms. The predicted molar refractivity (Wildman–Crippen MR) is 112 cm³/mol. The van der Waals surface area contributed by atoms with Gasteiger partial charge in [-0.1, -0.05) is 0 Å². The van der Waals surface area contributed by atoms with E-state index in [0.717, 1.165) is 25.2 Å². The Balaban J connectivity index is 1.37. The average molecular weight is 419 g/mol. The summed E-state index contributed by atoms with van der Waals surface area (Å²) in [4.78, 5) is 42.3. The zero-order chi connectivity index (χ0) is 20.4. The number of H-pyrrole nitrogens is 1. The molecule has 1 amide bonds. The molecular weight excluding hydrogens is 392 g/mol. The Kier molecular flexibility index (Phi) is 5.93. The van der Waals surface area contributed by atoms with Gasteiger partial charge >= 0.3 is 0 Å². The lowest BCUT2D eigenvalue weighted by Gasteiger charge is -2.27. The van der Waals surface area contributed by atoms with Gasteiger partial charge in [0.15, 0.2) is 5.13 Å². The number of nitrogens with zero attached hydrogens (tertiary/aromatic N) is 4. The second kappa shape index (κ2) is 8.60. The normalized spacial score (nSPS) is 17.2. The monoisotopic (exact) mass is 418 g/mol. The summed E-state index contributed by atoms with van der Waals surface area (Å²) in [5, 5.41) is 3.52. The van der Waals surface area contributed by atoms with Gasteiger partial charge in [-0.15, -0.1) is 11.3 Å². The summed E-state index contributed by atoms with van der Waals surface area (Å²) in [5.74, 6) is 0.433. The van der Waals surface area contributed by atoms with Crippen LogP contribution in [0, 0.1) is 6.92 Å². The lowest BCUT2D eigenvalue weighted by Crippen LogP contribution is -2.38. The molecule has 4 heterocycles. The number of nitrogens with one attached hydrogen (secondary N) is 2. The molecule has 2 aliphatic rings. The summed E-state index contributed by atoms with van der Waals surface area (Å²) in [6, 6.07) is 0. The van der Waals surface area contributed by atoms with Gasteiger partial charge in [0.1, 0.15) is 0 Å². The summed E-state index contributed by atoms with van der Waals surface area (Å²) in [7, 11) is 2.08. The van der Waals surface area contributed by atoms with Crippen molar-refractivity contribution in [3.05, 3.63) is 32.2 Å². The number of amides is 1. The molecule has 0 spiro atoms. The van der Waals surface area contributed by atoms with Crippen molar-refractivity contribution in [2.45, 2.75) is 32.7 Å². The van der Waals surface area contributed by atoms with Crippen molar-refractivity contribution < 1.29 is 9.53 Å². The molecule has 0 aliphatic carbocycles. The second-order valence-corrected chi connectivity index (χ2v) is 8.56. The number of hydrogen-bond acceptors (Lipinski definition) is 8. The Morgan fingerprint density at radius 2 is 2.07 bits per heavy atom. The zero-order valence-electron chi connectivity index (χ0n) is 16.8. The van der Waals surface area contributed by atoms with Gasteiger partial charge in [0.05, 0.1) is 18.9 Å². The lowest BCUT2D eigenvalue weighted by molar-refractivity contribution is -0.116. The van der Waals surface area contributed by atoms with Gasteiger partial charge in [-0.3, -0.25) is 14.6 Å². The van der Waals surface area contributed by atoms with Crippen LogP contribution in [-0.2, 0) is 28.9 Å². The number of carbonyl (C=O) groups is 1. The molecule has 0 bridgehead atoms. The van der Waals surface area contributed by atoms with Crippen molar-refractivity contribution in [2.75, 3.05) is 50.1 Å². The highest BCUT2D eigenvalue weighted by atomic mass is 32.1. The Labute approximate surface area is 173 Å². The molecule has 29 heavy (non-hydrogen) atoms. The van der Waals surface area contributed by atoms with E-state index in [-0.39, 0.29) is 17.9 Å². The third-order valence-electron chi connectivity index (χ3n) is 5.29. The maximum atomic E-state index is 12.5. The first-order chi connectivity index (χ1) is 14.0. The molecule has 2 N–H and O–H groups in total. The third-order valence-corrected chi connectivity index (χ3v) is 6.29. The van der Waals surface area contributed by atoms with Crippen LogP contribution in [0.4, 0.5) is 11.1 Å². The quantitative estimate of drug-likeness (QED) is 0.744. The molecule has 156 valence electrons. The highest BCUT2D eigenvalue weighted by Crippen LogP contribution is 2.27. The van der Waals surface area contributed by atoms with E-state index >= 15 is 0 Å². The van der Waals surface area contributed by atoms with Crippen LogP contribution in [0.1, 0.15) is 28.2 Å². The summed E-state index contributed by atoms with van der Waals surface area (Å²) in [6.07, 6.45) is 1.47. The number of thiazole rings is 1.